The average molecular weight is 266 g/mol. The van der Waals surface area contributed by atoms with Crippen LogP contribution < -0.4 is 11.1 Å². The molecule has 1 aromatic rings. The van der Waals surface area contributed by atoms with Crippen LogP contribution in [0.15, 0.2) is 23.1 Å². The van der Waals surface area contributed by atoms with Crippen molar-refractivity contribution < 1.29 is 4.79 Å². The summed E-state index contributed by atoms with van der Waals surface area (Å²) < 4.78 is 0. The number of primary amides is 1. The molecule has 0 aromatic heterocycles. The van der Waals surface area contributed by atoms with Gasteiger partial charge in [-0.05, 0) is 38.4 Å². The predicted molar refractivity (Wildman–Crippen MR) is 77.9 cm³/mol. The molecule has 0 saturated heterocycles. The van der Waals surface area contributed by atoms with Crippen LogP contribution in [0.25, 0.3) is 0 Å². The van der Waals surface area contributed by atoms with E-state index in [4.69, 9.17) is 5.73 Å². The van der Waals surface area contributed by atoms with Crippen LogP contribution in [0.1, 0.15) is 24.5 Å². The molecule has 18 heavy (non-hydrogen) atoms. The Morgan fingerprint density at radius 1 is 1.44 bits per heavy atom. The van der Waals surface area contributed by atoms with E-state index in [1.165, 1.54) is 16.0 Å². The number of nitrogens with one attached hydrogen (secondary N) is 1. The summed E-state index contributed by atoms with van der Waals surface area (Å²) in [6, 6.07) is 6.10. The molecule has 0 fully saturated rings. The maximum atomic E-state index is 11.3. The number of rotatable bonds is 7. The molecule has 3 N–H and O–H groups in total. The van der Waals surface area contributed by atoms with Gasteiger partial charge in [0.25, 0.3) is 0 Å². The summed E-state index contributed by atoms with van der Waals surface area (Å²) in [6.45, 7) is 7.05. The van der Waals surface area contributed by atoms with E-state index < -0.39 is 0 Å². The van der Waals surface area contributed by atoms with Crippen LogP contribution in [0.2, 0.25) is 0 Å². The second-order valence-electron chi connectivity index (χ2n) is 4.49. The number of amides is 1. The quantitative estimate of drug-likeness (QED) is 0.744. The smallest absolute Gasteiger partial charge is 0.235 e. The van der Waals surface area contributed by atoms with E-state index in [2.05, 4.69) is 44.3 Å². The second-order valence-corrected chi connectivity index (χ2v) is 5.55. The molecule has 1 amide bonds. The molecule has 1 rings (SSSR count). The Morgan fingerprint density at radius 2 is 2.17 bits per heavy atom. The van der Waals surface area contributed by atoms with Crippen molar-refractivity contribution in [3.05, 3.63) is 29.3 Å². The minimum Gasteiger partial charge on any atom is -0.368 e. The number of hydrogen-bond acceptors (Lipinski definition) is 3. The second kappa shape index (κ2) is 7.44. The lowest BCUT2D eigenvalue weighted by Crippen LogP contribution is -2.43. The monoisotopic (exact) mass is 266 g/mol. The standard InChI is InChI=1S/C14H22N2OS/c1-4-7-16-12(14(15)17)9-18-13-8-10(2)5-6-11(13)3/h5-6,8,12,16H,4,7,9H2,1-3H3,(H2,15,17). The zero-order valence-corrected chi connectivity index (χ0v) is 12.1. The molecular weight excluding hydrogens is 244 g/mol. The van der Waals surface area contributed by atoms with Crippen molar-refractivity contribution in [1.29, 1.82) is 0 Å². The molecular formula is C14H22N2OS. The highest BCUT2D eigenvalue weighted by atomic mass is 32.2. The molecule has 0 radical (unpaired) electrons. The van der Waals surface area contributed by atoms with Gasteiger partial charge < -0.3 is 11.1 Å². The first-order chi connectivity index (χ1) is 8.54. The molecule has 1 aromatic carbocycles. The van der Waals surface area contributed by atoms with Crippen LogP contribution in [0.4, 0.5) is 0 Å². The Bertz CT molecular complexity index is 407. The molecule has 0 aliphatic heterocycles. The SMILES string of the molecule is CCCNC(CSc1cc(C)ccc1C)C(N)=O. The average Bonchev–Trinajstić information content (AvgIpc) is 2.33. The van der Waals surface area contributed by atoms with Crippen molar-refractivity contribution in [2.75, 3.05) is 12.3 Å². The Labute approximate surface area is 114 Å². The Kier molecular flexibility index (Phi) is 6.22. The van der Waals surface area contributed by atoms with Gasteiger partial charge in [-0.2, -0.15) is 0 Å². The van der Waals surface area contributed by atoms with Crippen molar-refractivity contribution >= 4 is 17.7 Å². The summed E-state index contributed by atoms with van der Waals surface area (Å²) in [5.74, 6) is 0.404. The lowest BCUT2D eigenvalue weighted by atomic mass is 10.2. The zero-order valence-electron chi connectivity index (χ0n) is 11.3. The van der Waals surface area contributed by atoms with Gasteiger partial charge in [-0.3, -0.25) is 4.79 Å². The number of nitrogens with two attached hydrogens (primary N) is 1. The fourth-order valence-electron chi connectivity index (χ4n) is 1.60. The van der Waals surface area contributed by atoms with Crippen molar-refractivity contribution in [3.8, 4) is 0 Å². The van der Waals surface area contributed by atoms with Crippen molar-refractivity contribution in [2.45, 2.75) is 38.1 Å². The number of hydrogen-bond donors (Lipinski definition) is 2. The van der Waals surface area contributed by atoms with Gasteiger partial charge in [0.2, 0.25) is 5.91 Å². The highest BCUT2D eigenvalue weighted by Crippen LogP contribution is 2.24. The van der Waals surface area contributed by atoms with Crippen LogP contribution in [-0.2, 0) is 4.79 Å². The van der Waals surface area contributed by atoms with E-state index in [1.54, 1.807) is 11.8 Å². The van der Waals surface area contributed by atoms with Gasteiger partial charge >= 0.3 is 0 Å². The molecule has 0 bridgehead atoms. The van der Waals surface area contributed by atoms with Gasteiger partial charge in [-0.1, -0.05) is 24.6 Å². The van der Waals surface area contributed by atoms with E-state index in [-0.39, 0.29) is 11.9 Å². The number of carbonyl (C=O) groups excluding carboxylic acids is 1. The maximum Gasteiger partial charge on any atom is 0.235 e. The van der Waals surface area contributed by atoms with Crippen LogP contribution in [-0.4, -0.2) is 24.2 Å². The van der Waals surface area contributed by atoms with Crippen molar-refractivity contribution in [1.82, 2.24) is 5.32 Å². The van der Waals surface area contributed by atoms with Gasteiger partial charge in [0.1, 0.15) is 0 Å². The molecule has 0 heterocycles. The highest BCUT2D eigenvalue weighted by molar-refractivity contribution is 7.99. The Hall–Kier alpha value is -1.00. The van der Waals surface area contributed by atoms with Crippen molar-refractivity contribution in [3.63, 3.8) is 0 Å². The first-order valence-corrected chi connectivity index (χ1v) is 7.26. The summed E-state index contributed by atoms with van der Waals surface area (Å²) in [5.41, 5.74) is 7.87. The topological polar surface area (TPSA) is 55.1 Å². The van der Waals surface area contributed by atoms with Crippen LogP contribution in [0.3, 0.4) is 0 Å². The third-order valence-electron chi connectivity index (χ3n) is 2.73. The molecule has 1 atom stereocenters. The summed E-state index contributed by atoms with van der Waals surface area (Å²) in [4.78, 5) is 12.5. The Morgan fingerprint density at radius 3 is 2.78 bits per heavy atom. The summed E-state index contributed by atoms with van der Waals surface area (Å²) in [7, 11) is 0. The summed E-state index contributed by atoms with van der Waals surface area (Å²) in [5, 5.41) is 3.18. The van der Waals surface area contributed by atoms with E-state index in [1.807, 2.05) is 0 Å². The number of benzene rings is 1. The van der Waals surface area contributed by atoms with Crippen LogP contribution >= 0.6 is 11.8 Å². The van der Waals surface area contributed by atoms with E-state index in [9.17, 15) is 4.79 Å². The summed E-state index contributed by atoms with van der Waals surface area (Å²) in [6.07, 6.45) is 0.998. The number of thioether (sulfide) groups is 1. The molecule has 0 aliphatic rings. The minimum atomic E-state index is -0.277. The number of aryl methyl sites for hydroxylation is 2. The van der Waals surface area contributed by atoms with E-state index in [0.29, 0.717) is 5.75 Å². The molecule has 4 heteroatoms. The third-order valence-corrected chi connectivity index (χ3v) is 3.98. The van der Waals surface area contributed by atoms with Gasteiger partial charge in [0.05, 0.1) is 6.04 Å². The highest BCUT2D eigenvalue weighted by Gasteiger charge is 2.14. The number of carbonyl (C=O) groups is 1. The fraction of sp³-hybridized carbons (Fsp3) is 0.500. The van der Waals surface area contributed by atoms with Gasteiger partial charge in [0.15, 0.2) is 0 Å². The van der Waals surface area contributed by atoms with Gasteiger partial charge in [0, 0.05) is 10.6 Å². The first kappa shape index (κ1) is 15.1. The maximum absolute atomic E-state index is 11.3. The minimum absolute atomic E-state index is 0.255. The lowest BCUT2D eigenvalue weighted by Gasteiger charge is -2.15. The molecule has 0 spiro atoms. The predicted octanol–water partition coefficient (Wildman–Crippen LogP) is 2.25. The van der Waals surface area contributed by atoms with Gasteiger partial charge in [-0.15, -0.1) is 11.8 Å². The van der Waals surface area contributed by atoms with Gasteiger partial charge in [-0.25, -0.2) is 0 Å². The third kappa shape index (κ3) is 4.70. The molecule has 0 aliphatic carbocycles. The van der Waals surface area contributed by atoms with Crippen LogP contribution in [0.5, 0.6) is 0 Å². The summed E-state index contributed by atoms with van der Waals surface area (Å²) >= 11 is 1.68. The Balaban J connectivity index is 2.60. The van der Waals surface area contributed by atoms with E-state index >= 15 is 0 Å². The molecule has 3 nitrogen and oxygen atoms in total. The molecule has 0 saturated carbocycles. The van der Waals surface area contributed by atoms with Crippen molar-refractivity contribution in [2.24, 2.45) is 5.73 Å². The first-order valence-electron chi connectivity index (χ1n) is 6.27. The lowest BCUT2D eigenvalue weighted by molar-refractivity contribution is -0.119. The van der Waals surface area contributed by atoms with E-state index in [0.717, 1.165) is 13.0 Å². The normalized spacial score (nSPS) is 12.4. The zero-order chi connectivity index (χ0) is 13.5. The molecule has 100 valence electrons. The largest absolute Gasteiger partial charge is 0.368 e. The molecule has 1 unspecified atom stereocenters. The fourth-order valence-corrected chi connectivity index (χ4v) is 2.79. The van der Waals surface area contributed by atoms with Crippen LogP contribution in [0, 0.1) is 13.8 Å².